The number of nitrogens with one attached hydrogen (secondary N) is 1. The monoisotopic (exact) mass is 235 g/mol. The van der Waals surface area contributed by atoms with Crippen LogP contribution in [-0.2, 0) is 9.84 Å². The van der Waals surface area contributed by atoms with E-state index in [2.05, 4.69) is 19.2 Å². The van der Waals surface area contributed by atoms with E-state index < -0.39 is 9.84 Å². The molecule has 0 aliphatic rings. The Hall–Kier alpha value is -0.0900. The van der Waals surface area contributed by atoms with Crippen LogP contribution >= 0.6 is 0 Å². The summed E-state index contributed by atoms with van der Waals surface area (Å²) in [6, 6.07) is 0. The maximum absolute atomic E-state index is 11.4. The van der Waals surface area contributed by atoms with Gasteiger partial charge in [0.2, 0.25) is 0 Å². The molecule has 0 heterocycles. The van der Waals surface area contributed by atoms with Gasteiger partial charge in [-0.1, -0.05) is 33.6 Å². The zero-order chi connectivity index (χ0) is 11.7. The molecule has 0 aliphatic carbocycles. The van der Waals surface area contributed by atoms with Crippen LogP contribution in [0.2, 0.25) is 0 Å². The number of hydrogen-bond donors (Lipinski definition) is 1. The highest BCUT2D eigenvalue weighted by atomic mass is 32.2. The smallest absolute Gasteiger partial charge is 0.151 e. The molecular weight excluding hydrogens is 210 g/mol. The Morgan fingerprint density at radius 3 is 2.13 bits per heavy atom. The van der Waals surface area contributed by atoms with Crippen LogP contribution in [0.4, 0.5) is 0 Å². The first-order valence-corrected chi connectivity index (χ1v) is 7.79. The molecule has 0 aromatic carbocycles. The Kier molecular flexibility index (Phi) is 8.06. The molecule has 0 aromatic rings. The fraction of sp³-hybridized carbons (Fsp3) is 1.00. The summed E-state index contributed by atoms with van der Waals surface area (Å²) in [5.74, 6) is 1.28. The highest BCUT2D eigenvalue weighted by Crippen LogP contribution is 2.04. The maximum Gasteiger partial charge on any atom is 0.151 e. The van der Waals surface area contributed by atoms with E-state index in [9.17, 15) is 8.42 Å². The van der Waals surface area contributed by atoms with Gasteiger partial charge in [0.15, 0.2) is 9.84 Å². The SMILES string of the molecule is CCCS(=O)(=O)CCNCC(CC)CC. The summed E-state index contributed by atoms with van der Waals surface area (Å²) in [6.07, 6.45) is 3.03. The second kappa shape index (κ2) is 8.11. The highest BCUT2D eigenvalue weighted by molar-refractivity contribution is 7.91. The predicted molar refractivity (Wildman–Crippen MR) is 65.9 cm³/mol. The van der Waals surface area contributed by atoms with Crippen molar-refractivity contribution in [1.82, 2.24) is 5.32 Å². The molecule has 15 heavy (non-hydrogen) atoms. The van der Waals surface area contributed by atoms with Gasteiger partial charge in [0.25, 0.3) is 0 Å². The van der Waals surface area contributed by atoms with E-state index in [1.165, 1.54) is 0 Å². The minimum atomic E-state index is -2.81. The van der Waals surface area contributed by atoms with Gasteiger partial charge < -0.3 is 5.32 Å². The second-order valence-electron chi connectivity index (χ2n) is 4.04. The van der Waals surface area contributed by atoms with Crippen molar-refractivity contribution in [3.8, 4) is 0 Å². The summed E-state index contributed by atoms with van der Waals surface area (Å²) in [5.41, 5.74) is 0. The van der Waals surface area contributed by atoms with E-state index in [1.807, 2.05) is 6.92 Å². The van der Waals surface area contributed by atoms with E-state index >= 15 is 0 Å². The first-order valence-electron chi connectivity index (χ1n) is 5.96. The van der Waals surface area contributed by atoms with Gasteiger partial charge in [0.05, 0.1) is 5.75 Å². The highest BCUT2D eigenvalue weighted by Gasteiger charge is 2.09. The lowest BCUT2D eigenvalue weighted by Crippen LogP contribution is -2.28. The molecule has 0 rings (SSSR count). The van der Waals surface area contributed by atoms with Crippen LogP contribution in [0.3, 0.4) is 0 Å². The van der Waals surface area contributed by atoms with Gasteiger partial charge in [-0.15, -0.1) is 0 Å². The van der Waals surface area contributed by atoms with Gasteiger partial charge in [0, 0.05) is 12.3 Å². The Morgan fingerprint density at radius 1 is 1.07 bits per heavy atom. The molecule has 4 heteroatoms. The van der Waals surface area contributed by atoms with Crippen molar-refractivity contribution < 1.29 is 8.42 Å². The molecule has 0 aliphatic heterocycles. The van der Waals surface area contributed by atoms with Crippen molar-refractivity contribution in [2.45, 2.75) is 40.0 Å². The summed E-state index contributed by atoms with van der Waals surface area (Å²) in [6.45, 7) is 7.77. The second-order valence-corrected chi connectivity index (χ2v) is 6.34. The van der Waals surface area contributed by atoms with Crippen molar-refractivity contribution in [2.24, 2.45) is 5.92 Å². The van der Waals surface area contributed by atoms with Gasteiger partial charge in [-0.25, -0.2) is 8.42 Å². The Morgan fingerprint density at radius 2 is 1.67 bits per heavy atom. The van der Waals surface area contributed by atoms with Gasteiger partial charge in [0.1, 0.15) is 0 Å². The third kappa shape index (κ3) is 7.79. The minimum Gasteiger partial charge on any atom is -0.315 e. The molecule has 1 N–H and O–H groups in total. The molecular formula is C11H25NO2S. The topological polar surface area (TPSA) is 46.2 Å². The first-order chi connectivity index (χ1) is 7.05. The standard InChI is InChI=1S/C11H25NO2S/c1-4-8-15(13,14)9-7-12-10-11(5-2)6-3/h11-12H,4-10H2,1-3H3. The van der Waals surface area contributed by atoms with E-state index in [1.54, 1.807) is 0 Å². The van der Waals surface area contributed by atoms with Crippen molar-refractivity contribution in [3.05, 3.63) is 0 Å². The van der Waals surface area contributed by atoms with E-state index in [0.29, 0.717) is 18.2 Å². The number of rotatable bonds is 9. The average Bonchev–Trinajstić information content (AvgIpc) is 2.18. The van der Waals surface area contributed by atoms with E-state index in [0.717, 1.165) is 25.8 Å². The fourth-order valence-electron chi connectivity index (χ4n) is 1.52. The van der Waals surface area contributed by atoms with Crippen LogP contribution in [0.5, 0.6) is 0 Å². The Balaban J connectivity index is 3.62. The Labute approximate surface area is 94.6 Å². The predicted octanol–water partition coefficient (Wildman–Crippen LogP) is 1.84. The third-order valence-electron chi connectivity index (χ3n) is 2.69. The quantitative estimate of drug-likeness (QED) is 0.620. The molecule has 0 unspecified atom stereocenters. The van der Waals surface area contributed by atoms with Crippen LogP contribution in [-0.4, -0.2) is 33.0 Å². The fourth-order valence-corrected chi connectivity index (χ4v) is 2.81. The van der Waals surface area contributed by atoms with Crippen molar-refractivity contribution in [2.75, 3.05) is 24.6 Å². The molecule has 0 saturated heterocycles. The lowest BCUT2D eigenvalue weighted by molar-refractivity contribution is 0.456. The summed E-state index contributed by atoms with van der Waals surface area (Å²) < 4.78 is 22.7. The number of hydrogen-bond acceptors (Lipinski definition) is 3. The molecule has 0 radical (unpaired) electrons. The molecule has 0 atom stereocenters. The van der Waals surface area contributed by atoms with Gasteiger partial charge in [-0.05, 0) is 18.9 Å². The lowest BCUT2D eigenvalue weighted by Gasteiger charge is -2.13. The van der Waals surface area contributed by atoms with Crippen molar-refractivity contribution in [1.29, 1.82) is 0 Å². The molecule has 0 fully saturated rings. The largest absolute Gasteiger partial charge is 0.315 e. The molecule has 0 saturated carbocycles. The van der Waals surface area contributed by atoms with Gasteiger partial charge >= 0.3 is 0 Å². The summed E-state index contributed by atoms with van der Waals surface area (Å²) in [5, 5.41) is 3.22. The minimum absolute atomic E-state index is 0.279. The normalized spacial score (nSPS) is 12.3. The van der Waals surface area contributed by atoms with Crippen LogP contribution < -0.4 is 5.32 Å². The number of sulfone groups is 1. The average molecular weight is 235 g/mol. The van der Waals surface area contributed by atoms with Gasteiger partial charge in [-0.2, -0.15) is 0 Å². The zero-order valence-electron chi connectivity index (χ0n) is 10.3. The first kappa shape index (κ1) is 14.9. The molecule has 92 valence electrons. The molecule has 0 aromatic heterocycles. The van der Waals surface area contributed by atoms with Crippen molar-refractivity contribution >= 4 is 9.84 Å². The van der Waals surface area contributed by atoms with Crippen LogP contribution in [0.15, 0.2) is 0 Å². The third-order valence-corrected chi connectivity index (χ3v) is 4.55. The Bertz CT molecular complexity index is 233. The van der Waals surface area contributed by atoms with E-state index in [-0.39, 0.29) is 5.75 Å². The van der Waals surface area contributed by atoms with E-state index in [4.69, 9.17) is 0 Å². The van der Waals surface area contributed by atoms with Crippen molar-refractivity contribution in [3.63, 3.8) is 0 Å². The van der Waals surface area contributed by atoms with Crippen LogP contribution in [0.1, 0.15) is 40.0 Å². The summed E-state index contributed by atoms with van der Waals surface area (Å²) in [7, 11) is -2.81. The summed E-state index contributed by atoms with van der Waals surface area (Å²) >= 11 is 0. The lowest BCUT2D eigenvalue weighted by atomic mass is 10.0. The van der Waals surface area contributed by atoms with Crippen LogP contribution in [0.25, 0.3) is 0 Å². The molecule has 0 bridgehead atoms. The zero-order valence-corrected chi connectivity index (χ0v) is 11.1. The van der Waals surface area contributed by atoms with Crippen LogP contribution in [0, 0.1) is 5.92 Å². The maximum atomic E-state index is 11.4. The summed E-state index contributed by atoms with van der Waals surface area (Å²) in [4.78, 5) is 0. The molecule has 0 spiro atoms. The van der Waals surface area contributed by atoms with Gasteiger partial charge in [-0.3, -0.25) is 0 Å². The molecule has 3 nitrogen and oxygen atoms in total. The molecule has 0 amide bonds.